The first-order valence-corrected chi connectivity index (χ1v) is 7.88. The van der Waals surface area contributed by atoms with Crippen LogP contribution in [0.5, 0.6) is 5.75 Å². The number of hydrogen-bond acceptors (Lipinski definition) is 5. The van der Waals surface area contributed by atoms with E-state index in [0.717, 1.165) is 0 Å². The average molecular weight is 354 g/mol. The van der Waals surface area contributed by atoms with Crippen molar-refractivity contribution in [3.05, 3.63) is 54.3 Å². The van der Waals surface area contributed by atoms with Crippen molar-refractivity contribution in [3.8, 4) is 5.75 Å². The Balaban J connectivity index is 1.91. The summed E-state index contributed by atoms with van der Waals surface area (Å²) in [5.74, 6) is -0.151. The van der Waals surface area contributed by atoms with E-state index in [2.05, 4.69) is 10.6 Å². The van der Waals surface area contributed by atoms with Gasteiger partial charge in [0.25, 0.3) is 5.91 Å². The van der Waals surface area contributed by atoms with Gasteiger partial charge in [-0.2, -0.15) is 0 Å². The van der Waals surface area contributed by atoms with Gasteiger partial charge in [-0.25, -0.2) is 0 Å². The van der Waals surface area contributed by atoms with Crippen LogP contribution in [-0.4, -0.2) is 32.6 Å². The second kappa shape index (κ2) is 7.71. The minimum Gasteiger partial charge on any atom is -0.497 e. The van der Waals surface area contributed by atoms with E-state index >= 15 is 0 Å². The van der Waals surface area contributed by atoms with E-state index in [1.807, 2.05) is 0 Å². The fourth-order valence-electron chi connectivity index (χ4n) is 2.50. The minimum absolute atomic E-state index is 0.0199. The van der Waals surface area contributed by atoms with Crippen molar-refractivity contribution in [2.75, 3.05) is 31.5 Å². The van der Waals surface area contributed by atoms with E-state index in [1.165, 1.54) is 7.11 Å². The summed E-state index contributed by atoms with van der Waals surface area (Å²) in [7, 11) is 2.99. The molecule has 3 aromatic rings. The van der Waals surface area contributed by atoms with Crippen LogP contribution in [0.25, 0.3) is 11.0 Å². The lowest BCUT2D eigenvalue weighted by atomic mass is 10.2. The van der Waals surface area contributed by atoms with Gasteiger partial charge < -0.3 is 24.5 Å². The number of amides is 2. The number of nitrogens with one attached hydrogen (secondary N) is 2. The first kappa shape index (κ1) is 17.5. The van der Waals surface area contributed by atoms with Gasteiger partial charge >= 0.3 is 0 Å². The van der Waals surface area contributed by atoms with E-state index < -0.39 is 5.91 Å². The van der Waals surface area contributed by atoms with Crippen LogP contribution >= 0.6 is 0 Å². The largest absolute Gasteiger partial charge is 0.497 e. The van der Waals surface area contributed by atoms with E-state index in [0.29, 0.717) is 28.1 Å². The topological polar surface area (TPSA) is 89.8 Å². The summed E-state index contributed by atoms with van der Waals surface area (Å²) in [6.07, 6.45) is 0. The Morgan fingerprint density at radius 2 is 1.73 bits per heavy atom. The zero-order chi connectivity index (χ0) is 18.5. The van der Waals surface area contributed by atoms with Gasteiger partial charge in [-0.05, 0) is 36.4 Å². The van der Waals surface area contributed by atoms with Crippen LogP contribution in [0.3, 0.4) is 0 Å². The van der Waals surface area contributed by atoms with Gasteiger partial charge in [0, 0.05) is 18.2 Å². The van der Waals surface area contributed by atoms with Crippen LogP contribution < -0.4 is 15.4 Å². The maximum absolute atomic E-state index is 12.7. The highest BCUT2D eigenvalue weighted by Crippen LogP contribution is 2.31. The molecule has 26 heavy (non-hydrogen) atoms. The fourth-order valence-corrected chi connectivity index (χ4v) is 2.50. The lowest BCUT2D eigenvalue weighted by Crippen LogP contribution is -2.20. The summed E-state index contributed by atoms with van der Waals surface area (Å²) in [6, 6.07) is 14.0. The number of carbonyl (C=O) groups is 2. The maximum Gasteiger partial charge on any atom is 0.293 e. The van der Waals surface area contributed by atoms with Crippen molar-refractivity contribution in [3.63, 3.8) is 0 Å². The van der Waals surface area contributed by atoms with Crippen molar-refractivity contribution >= 4 is 34.2 Å². The summed E-state index contributed by atoms with van der Waals surface area (Å²) in [5, 5.41) is 6.06. The van der Waals surface area contributed by atoms with Crippen molar-refractivity contribution in [2.45, 2.75) is 0 Å². The molecule has 0 aliphatic heterocycles. The van der Waals surface area contributed by atoms with E-state index in [-0.39, 0.29) is 18.3 Å². The third-order valence-electron chi connectivity index (χ3n) is 3.69. The zero-order valence-corrected chi connectivity index (χ0v) is 14.4. The molecule has 7 heteroatoms. The van der Waals surface area contributed by atoms with Crippen LogP contribution in [-0.2, 0) is 9.53 Å². The Morgan fingerprint density at radius 3 is 2.42 bits per heavy atom. The maximum atomic E-state index is 12.7. The molecule has 0 aliphatic rings. The molecule has 134 valence electrons. The summed E-state index contributed by atoms with van der Waals surface area (Å²) in [5.41, 5.74) is 1.39. The lowest BCUT2D eigenvalue weighted by molar-refractivity contribution is -0.119. The number of carbonyl (C=O) groups excluding carboxylic acids is 2. The predicted octanol–water partition coefficient (Wildman–Crippen LogP) is 3.28. The normalized spacial score (nSPS) is 10.5. The van der Waals surface area contributed by atoms with Gasteiger partial charge in [0.15, 0.2) is 0 Å². The highest BCUT2D eigenvalue weighted by atomic mass is 16.5. The van der Waals surface area contributed by atoms with Crippen LogP contribution in [0.1, 0.15) is 10.6 Å². The van der Waals surface area contributed by atoms with Gasteiger partial charge in [-0.15, -0.1) is 0 Å². The van der Waals surface area contributed by atoms with Gasteiger partial charge in [0.1, 0.15) is 23.6 Å². The van der Waals surface area contributed by atoms with Gasteiger partial charge in [-0.1, -0.05) is 12.1 Å². The third-order valence-corrected chi connectivity index (χ3v) is 3.69. The second-order valence-corrected chi connectivity index (χ2v) is 5.47. The quantitative estimate of drug-likeness (QED) is 0.709. The van der Waals surface area contributed by atoms with Crippen molar-refractivity contribution in [1.29, 1.82) is 0 Å². The molecule has 3 rings (SSSR count). The summed E-state index contributed by atoms with van der Waals surface area (Å²) in [4.78, 5) is 24.6. The molecule has 1 aromatic heterocycles. The molecule has 1 heterocycles. The number of furan rings is 1. The molecule has 0 fully saturated rings. The molecular weight excluding hydrogens is 336 g/mol. The fraction of sp³-hybridized carbons (Fsp3) is 0.158. The number of benzene rings is 2. The molecule has 0 radical (unpaired) electrons. The van der Waals surface area contributed by atoms with Crippen molar-refractivity contribution in [1.82, 2.24) is 0 Å². The molecule has 2 amide bonds. The highest BCUT2D eigenvalue weighted by Gasteiger charge is 2.22. The molecule has 0 unspecified atom stereocenters. The van der Waals surface area contributed by atoms with E-state index in [9.17, 15) is 9.59 Å². The van der Waals surface area contributed by atoms with Gasteiger partial charge in [0.2, 0.25) is 11.7 Å². The number of rotatable bonds is 6. The Hall–Kier alpha value is -3.32. The Bertz CT molecular complexity index is 931. The number of fused-ring (bicyclic) bond motifs is 1. The van der Waals surface area contributed by atoms with Crippen LogP contribution in [0.4, 0.5) is 11.4 Å². The average Bonchev–Trinajstić information content (AvgIpc) is 3.01. The van der Waals surface area contributed by atoms with E-state index in [1.54, 1.807) is 55.6 Å². The molecule has 0 saturated heterocycles. The highest BCUT2D eigenvalue weighted by molar-refractivity contribution is 6.14. The Morgan fingerprint density at radius 1 is 1.00 bits per heavy atom. The van der Waals surface area contributed by atoms with Gasteiger partial charge in [-0.3, -0.25) is 9.59 Å². The molecule has 2 N–H and O–H groups in total. The monoisotopic (exact) mass is 354 g/mol. The Labute approximate surface area is 149 Å². The smallest absolute Gasteiger partial charge is 0.293 e. The molecule has 0 bridgehead atoms. The summed E-state index contributed by atoms with van der Waals surface area (Å²) < 4.78 is 15.6. The number of hydrogen-bond donors (Lipinski definition) is 2. The molecule has 0 saturated carbocycles. The molecule has 0 aliphatic carbocycles. The van der Waals surface area contributed by atoms with Crippen LogP contribution in [0.15, 0.2) is 52.9 Å². The summed E-state index contributed by atoms with van der Waals surface area (Å²) in [6.45, 7) is -0.126. The molecule has 0 atom stereocenters. The molecule has 7 nitrogen and oxygen atoms in total. The number of para-hydroxylation sites is 1. The number of ether oxygens (including phenoxy) is 2. The first-order chi connectivity index (χ1) is 12.6. The summed E-state index contributed by atoms with van der Waals surface area (Å²) >= 11 is 0. The minimum atomic E-state index is -0.473. The molecule has 2 aromatic carbocycles. The number of methoxy groups -OCH3 is 2. The SMILES string of the molecule is COCC(=O)Nc1c(C(=O)Nc2ccc(OC)cc2)oc2ccccc12. The molecule has 0 spiro atoms. The lowest BCUT2D eigenvalue weighted by Gasteiger charge is -2.07. The second-order valence-electron chi connectivity index (χ2n) is 5.47. The third kappa shape index (κ3) is 3.68. The van der Waals surface area contributed by atoms with E-state index in [4.69, 9.17) is 13.9 Å². The predicted molar refractivity (Wildman–Crippen MR) is 97.7 cm³/mol. The first-order valence-electron chi connectivity index (χ1n) is 7.88. The van der Waals surface area contributed by atoms with Crippen molar-refractivity contribution < 1.29 is 23.5 Å². The molecular formula is C19H18N2O5. The van der Waals surface area contributed by atoms with Gasteiger partial charge in [0.05, 0.1) is 7.11 Å². The Kier molecular flexibility index (Phi) is 5.19. The van der Waals surface area contributed by atoms with Crippen LogP contribution in [0, 0.1) is 0 Å². The standard InChI is InChI=1S/C19H18N2O5/c1-24-11-16(22)21-17-14-5-3-4-6-15(14)26-18(17)19(23)20-12-7-9-13(25-2)10-8-12/h3-10H,11H2,1-2H3,(H,20,23)(H,21,22). The zero-order valence-electron chi connectivity index (χ0n) is 14.4. The number of anilines is 2. The van der Waals surface area contributed by atoms with Crippen molar-refractivity contribution in [2.24, 2.45) is 0 Å². The van der Waals surface area contributed by atoms with Crippen LogP contribution in [0.2, 0.25) is 0 Å².